The minimum Gasteiger partial charge on any atom is -0.376 e. The summed E-state index contributed by atoms with van der Waals surface area (Å²) in [6.07, 6.45) is 4.69. The molecule has 0 spiro atoms. The van der Waals surface area contributed by atoms with Gasteiger partial charge in [-0.1, -0.05) is 18.2 Å². The van der Waals surface area contributed by atoms with Gasteiger partial charge in [0.2, 0.25) is 0 Å². The van der Waals surface area contributed by atoms with E-state index in [1.54, 1.807) is 4.57 Å². The first-order valence-electron chi connectivity index (χ1n) is 10.2. The summed E-state index contributed by atoms with van der Waals surface area (Å²) < 4.78 is 7.35. The average Bonchev–Trinajstić information content (AvgIpc) is 3.35. The van der Waals surface area contributed by atoms with E-state index in [9.17, 15) is 9.59 Å². The van der Waals surface area contributed by atoms with E-state index in [1.807, 2.05) is 44.3 Å². The monoisotopic (exact) mass is 393 g/mol. The Labute approximate surface area is 169 Å². The topological polar surface area (TPSA) is 76.1 Å². The lowest BCUT2D eigenvalue weighted by Crippen LogP contribution is -2.37. The molecule has 1 unspecified atom stereocenters. The van der Waals surface area contributed by atoms with Crippen LogP contribution in [0.15, 0.2) is 41.3 Å². The number of H-pyrrole nitrogens is 1. The van der Waals surface area contributed by atoms with Gasteiger partial charge in [0.1, 0.15) is 5.56 Å². The van der Waals surface area contributed by atoms with Crippen LogP contribution >= 0.6 is 0 Å². The van der Waals surface area contributed by atoms with Gasteiger partial charge in [-0.3, -0.25) is 9.59 Å². The highest BCUT2D eigenvalue weighted by Gasteiger charge is 2.21. The molecular weight excluding hydrogens is 366 g/mol. The molecule has 6 nitrogen and oxygen atoms in total. The van der Waals surface area contributed by atoms with Gasteiger partial charge in [-0.2, -0.15) is 0 Å². The van der Waals surface area contributed by atoms with Crippen molar-refractivity contribution >= 4 is 16.8 Å². The first kappa shape index (κ1) is 19.5. The summed E-state index contributed by atoms with van der Waals surface area (Å²) in [6.45, 7) is 5.44. The van der Waals surface area contributed by atoms with Crippen LogP contribution in [0.25, 0.3) is 10.9 Å². The molecule has 4 rings (SSSR count). The summed E-state index contributed by atoms with van der Waals surface area (Å²) in [5.41, 5.74) is 3.80. The van der Waals surface area contributed by atoms with Crippen LogP contribution in [0.2, 0.25) is 0 Å². The van der Waals surface area contributed by atoms with Crippen LogP contribution in [0.5, 0.6) is 0 Å². The van der Waals surface area contributed by atoms with Crippen molar-refractivity contribution in [1.29, 1.82) is 0 Å². The Morgan fingerprint density at radius 1 is 1.31 bits per heavy atom. The molecule has 0 radical (unpaired) electrons. The van der Waals surface area contributed by atoms with Crippen molar-refractivity contribution in [1.82, 2.24) is 14.9 Å². The zero-order valence-electron chi connectivity index (χ0n) is 17.0. The van der Waals surface area contributed by atoms with E-state index >= 15 is 0 Å². The Balaban J connectivity index is 1.48. The normalized spacial score (nSPS) is 16.4. The lowest BCUT2D eigenvalue weighted by molar-refractivity contribution is 0.0927. The molecular formula is C23H27N3O3. The van der Waals surface area contributed by atoms with Gasteiger partial charge < -0.3 is 19.6 Å². The Bertz CT molecular complexity index is 1090. The van der Waals surface area contributed by atoms with Crippen molar-refractivity contribution in [2.24, 2.45) is 0 Å². The number of aryl methyl sites for hydroxylation is 2. The number of pyridine rings is 1. The minimum atomic E-state index is -0.312. The molecule has 1 amide bonds. The number of ether oxygens (including phenoxy) is 1. The van der Waals surface area contributed by atoms with Crippen molar-refractivity contribution < 1.29 is 9.53 Å². The number of amides is 1. The molecule has 6 heteroatoms. The SMILES string of the molecule is Cc1cc(C)n(CC2CCCO2)c(=O)c1C(=O)NCCc1c[nH]c2ccccc12. The summed E-state index contributed by atoms with van der Waals surface area (Å²) in [4.78, 5) is 29.1. The maximum Gasteiger partial charge on any atom is 0.263 e. The summed E-state index contributed by atoms with van der Waals surface area (Å²) >= 11 is 0. The van der Waals surface area contributed by atoms with Gasteiger partial charge in [0.05, 0.1) is 12.6 Å². The number of carbonyl (C=O) groups excluding carboxylic acids is 1. The van der Waals surface area contributed by atoms with Crippen molar-refractivity contribution in [3.63, 3.8) is 0 Å². The quantitative estimate of drug-likeness (QED) is 0.676. The predicted octanol–water partition coefficient (Wildman–Crippen LogP) is 3.10. The summed E-state index contributed by atoms with van der Waals surface area (Å²) in [6, 6.07) is 10.0. The number of hydrogen-bond donors (Lipinski definition) is 2. The first-order valence-corrected chi connectivity index (χ1v) is 10.2. The Hall–Kier alpha value is -2.86. The third-order valence-electron chi connectivity index (χ3n) is 5.70. The number of para-hydroxylation sites is 1. The third kappa shape index (κ3) is 3.98. The number of benzene rings is 1. The molecule has 2 aromatic heterocycles. The van der Waals surface area contributed by atoms with E-state index < -0.39 is 0 Å². The summed E-state index contributed by atoms with van der Waals surface area (Å²) in [5, 5.41) is 4.09. The van der Waals surface area contributed by atoms with Gasteiger partial charge in [-0.25, -0.2) is 0 Å². The molecule has 1 aromatic carbocycles. The Morgan fingerprint density at radius 2 is 2.14 bits per heavy atom. The maximum atomic E-state index is 13.0. The number of fused-ring (bicyclic) bond motifs is 1. The van der Waals surface area contributed by atoms with Crippen LogP contribution in [-0.4, -0.2) is 34.7 Å². The van der Waals surface area contributed by atoms with Gasteiger partial charge in [0.25, 0.3) is 11.5 Å². The van der Waals surface area contributed by atoms with E-state index in [2.05, 4.69) is 16.4 Å². The molecule has 1 atom stereocenters. The molecule has 2 N–H and O–H groups in total. The molecule has 0 aliphatic carbocycles. The highest BCUT2D eigenvalue weighted by molar-refractivity contribution is 5.95. The van der Waals surface area contributed by atoms with Crippen LogP contribution in [0, 0.1) is 13.8 Å². The van der Waals surface area contributed by atoms with Crippen molar-refractivity contribution in [2.45, 2.75) is 45.8 Å². The number of aromatic amines is 1. The van der Waals surface area contributed by atoms with Crippen LogP contribution < -0.4 is 10.9 Å². The molecule has 29 heavy (non-hydrogen) atoms. The molecule has 1 aliphatic rings. The van der Waals surface area contributed by atoms with Gasteiger partial charge in [-0.05, 0) is 56.4 Å². The molecule has 1 saturated heterocycles. The van der Waals surface area contributed by atoms with E-state index in [0.717, 1.165) is 41.6 Å². The fourth-order valence-electron chi connectivity index (χ4n) is 4.16. The highest BCUT2D eigenvalue weighted by atomic mass is 16.5. The second kappa shape index (κ2) is 8.25. The number of carbonyl (C=O) groups is 1. The Morgan fingerprint density at radius 3 is 2.93 bits per heavy atom. The van der Waals surface area contributed by atoms with Crippen molar-refractivity contribution in [2.75, 3.05) is 13.2 Å². The van der Waals surface area contributed by atoms with E-state index in [0.29, 0.717) is 25.1 Å². The van der Waals surface area contributed by atoms with Crippen molar-refractivity contribution in [3.8, 4) is 0 Å². The van der Waals surface area contributed by atoms with Gasteiger partial charge in [-0.15, -0.1) is 0 Å². The van der Waals surface area contributed by atoms with E-state index in [4.69, 9.17) is 4.74 Å². The lowest BCUT2D eigenvalue weighted by atomic mass is 10.1. The predicted molar refractivity (Wildman–Crippen MR) is 113 cm³/mol. The molecule has 1 aliphatic heterocycles. The van der Waals surface area contributed by atoms with E-state index in [1.165, 1.54) is 0 Å². The molecule has 0 saturated carbocycles. The number of nitrogens with one attached hydrogen (secondary N) is 2. The average molecular weight is 393 g/mol. The number of nitrogens with zero attached hydrogens (tertiary/aromatic N) is 1. The van der Waals surface area contributed by atoms with Gasteiger partial charge in [0.15, 0.2) is 0 Å². The van der Waals surface area contributed by atoms with Crippen LogP contribution in [0.3, 0.4) is 0 Å². The van der Waals surface area contributed by atoms with Gasteiger partial charge in [0, 0.05) is 35.9 Å². The van der Waals surface area contributed by atoms with Crippen LogP contribution in [0.4, 0.5) is 0 Å². The second-order valence-corrected chi connectivity index (χ2v) is 7.76. The Kier molecular flexibility index (Phi) is 5.53. The highest BCUT2D eigenvalue weighted by Crippen LogP contribution is 2.18. The maximum absolute atomic E-state index is 13.0. The summed E-state index contributed by atoms with van der Waals surface area (Å²) in [7, 11) is 0. The standard InChI is InChI=1S/C23H27N3O3/c1-15-12-16(2)26(14-18-6-5-11-29-18)23(28)21(15)22(27)24-10-9-17-13-25-20-8-4-3-7-19(17)20/h3-4,7-8,12-13,18,25H,5-6,9-11,14H2,1-2H3,(H,24,27). The molecule has 1 fully saturated rings. The van der Waals surface area contributed by atoms with Crippen molar-refractivity contribution in [3.05, 3.63) is 69.3 Å². The van der Waals surface area contributed by atoms with Crippen LogP contribution in [-0.2, 0) is 17.7 Å². The van der Waals surface area contributed by atoms with Crippen LogP contribution in [0.1, 0.15) is 40.0 Å². The fourth-order valence-corrected chi connectivity index (χ4v) is 4.16. The number of hydrogen-bond acceptors (Lipinski definition) is 3. The fraction of sp³-hybridized carbons (Fsp3) is 0.391. The number of rotatable bonds is 6. The molecule has 152 valence electrons. The minimum absolute atomic E-state index is 0.0480. The third-order valence-corrected chi connectivity index (χ3v) is 5.70. The second-order valence-electron chi connectivity index (χ2n) is 7.76. The number of aromatic nitrogens is 2. The zero-order chi connectivity index (χ0) is 20.4. The zero-order valence-corrected chi connectivity index (χ0v) is 17.0. The largest absolute Gasteiger partial charge is 0.376 e. The van der Waals surface area contributed by atoms with E-state index in [-0.39, 0.29) is 23.1 Å². The molecule has 3 heterocycles. The lowest BCUT2D eigenvalue weighted by Gasteiger charge is -2.17. The molecule has 0 bridgehead atoms. The first-order chi connectivity index (χ1) is 14.0. The molecule has 3 aromatic rings. The summed E-state index contributed by atoms with van der Waals surface area (Å²) in [5.74, 6) is -0.312. The smallest absolute Gasteiger partial charge is 0.263 e. The van der Waals surface area contributed by atoms with Gasteiger partial charge >= 0.3 is 0 Å².